The molecule has 0 spiro atoms. The number of methoxy groups -OCH3 is 3. The standard InChI is InChI=1S/C22H25NO4/c1-5-23-22(24)13-12-20-17(14-19(26-3)15-21(20)27-4)9-6-16-7-10-18(25-2)11-8-16/h6-15H,5H2,1-4H3,(H,23,24)/b9-6+,13-12?. The highest BCUT2D eigenvalue weighted by Gasteiger charge is 2.09. The highest BCUT2D eigenvalue weighted by Crippen LogP contribution is 2.31. The van der Waals surface area contributed by atoms with Crippen LogP contribution in [0.5, 0.6) is 17.2 Å². The first kappa shape index (κ1) is 20.1. The van der Waals surface area contributed by atoms with E-state index < -0.39 is 0 Å². The first-order valence-electron chi connectivity index (χ1n) is 8.65. The van der Waals surface area contributed by atoms with Crippen molar-refractivity contribution in [3.05, 3.63) is 59.2 Å². The van der Waals surface area contributed by atoms with Crippen molar-refractivity contribution < 1.29 is 19.0 Å². The smallest absolute Gasteiger partial charge is 0.243 e. The van der Waals surface area contributed by atoms with Crippen molar-refractivity contribution in [1.29, 1.82) is 0 Å². The van der Waals surface area contributed by atoms with Crippen molar-refractivity contribution in [1.82, 2.24) is 5.32 Å². The second kappa shape index (κ2) is 10.1. The molecule has 2 rings (SSSR count). The minimum absolute atomic E-state index is 0.152. The van der Waals surface area contributed by atoms with Crippen LogP contribution < -0.4 is 19.5 Å². The number of nitrogens with one attached hydrogen (secondary N) is 1. The molecule has 0 aliphatic carbocycles. The zero-order chi connectivity index (χ0) is 19.6. The molecular weight excluding hydrogens is 342 g/mol. The zero-order valence-electron chi connectivity index (χ0n) is 16.1. The van der Waals surface area contributed by atoms with Gasteiger partial charge in [-0.05, 0) is 42.3 Å². The van der Waals surface area contributed by atoms with E-state index >= 15 is 0 Å². The summed E-state index contributed by atoms with van der Waals surface area (Å²) in [6.45, 7) is 2.45. The Kier molecular flexibility index (Phi) is 7.49. The highest BCUT2D eigenvalue weighted by molar-refractivity contribution is 5.93. The summed E-state index contributed by atoms with van der Waals surface area (Å²) in [5, 5.41) is 2.74. The molecule has 1 amide bonds. The van der Waals surface area contributed by atoms with Crippen LogP contribution in [0.25, 0.3) is 18.2 Å². The molecular formula is C22H25NO4. The van der Waals surface area contributed by atoms with Crippen molar-refractivity contribution in [3.63, 3.8) is 0 Å². The number of likely N-dealkylation sites (N-methyl/N-ethyl adjacent to an activating group) is 1. The maximum absolute atomic E-state index is 11.8. The molecule has 2 aromatic carbocycles. The van der Waals surface area contributed by atoms with Crippen molar-refractivity contribution >= 4 is 24.1 Å². The van der Waals surface area contributed by atoms with Gasteiger partial charge in [-0.1, -0.05) is 24.3 Å². The average molecular weight is 367 g/mol. The van der Waals surface area contributed by atoms with E-state index in [-0.39, 0.29) is 5.91 Å². The lowest BCUT2D eigenvalue weighted by Crippen LogP contribution is -2.19. The summed E-state index contributed by atoms with van der Waals surface area (Å²) in [5.41, 5.74) is 2.70. The fraction of sp³-hybridized carbons (Fsp3) is 0.227. The Morgan fingerprint density at radius 2 is 1.63 bits per heavy atom. The van der Waals surface area contributed by atoms with Gasteiger partial charge in [0.1, 0.15) is 17.2 Å². The van der Waals surface area contributed by atoms with Gasteiger partial charge in [-0.2, -0.15) is 0 Å². The van der Waals surface area contributed by atoms with Crippen molar-refractivity contribution in [2.45, 2.75) is 6.92 Å². The van der Waals surface area contributed by atoms with Gasteiger partial charge in [-0.15, -0.1) is 0 Å². The first-order chi connectivity index (χ1) is 13.1. The first-order valence-corrected chi connectivity index (χ1v) is 8.65. The van der Waals surface area contributed by atoms with E-state index in [0.29, 0.717) is 18.0 Å². The van der Waals surface area contributed by atoms with Crippen LogP contribution in [0.4, 0.5) is 0 Å². The molecule has 0 aromatic heterocycles. The Morgan fingerprint density at radius 1 is 0.926 bits per heavy atom. The lowest BCUT2D eigenvalue weighted by Gasteiger charge is -2.11. The van der Waals surface area contributed by atoms with E-state index in [0.717, 1.165) is 22.4 Å². The monoisotopic (exact) mass is 367 g/mol. The maximum atomic E-state index is 11.8. The molecule has 0 fully saturated rings. The quantitative estimate of drug-likeness (QED) is 0.565. The maximum Gasteiger partial charge on any atom is 0.243 e. The van der Waals surface area contributed by atoms with Gasteiger partial charge in [0.05, 0.1) is 21.3 Å². The molecule has 0 unspecified atom stereocenters. The lowest BCUT2D eigenvalue weighted by atomic mass is 10.0. The third kappa shape index (κ3) is 5.64. The molecule has 0 atom stereocenters. The third-order valence-electron chi connectivity index (χ3n) is 3.93. The second-order valence-electron chi connectivity index (χ2n) is 5.67. The molecule has 27 heavy (non-hydrogen) atoms. The Labute approximate surface area is 160 Å². The Morgan fingerprint density at radius 3 is 2.22 bits per heavy atom. The third-order valence-corrected chi connectivity index (χ3v) is 3.93. The van der Waals surface area contributed by atoms with Crippen LogP contribution in [0.3, 0.4) is 0 Å². The van der Waals surface area contributed by atoms with Crippen LogP contribution >= 0.6 is 0 Å². The topological polar surface area (TPSA) is 56.8 Å². The predicted molar refractivity (Wildman–Crippen MR) is 109 cm³/mol. The van der Waals surface area contributed by atoms with E-state index in [4.69, 9.17) is 14.2 Å². The SMILES string of the molecule is CCNC(=O)C=Cc1c(/C=C/c2ccc(OC)cc2)cc(OC)cc1OC. The van der Waals surface area contributed by atoms with Crippen LogP contribution in [0.1, 0.15) is 23.6 Å². The summed E-state index contributed by atoms with van der Waals surface area (Å²) in [5.74, 6) is 1.96. The Hall–Kier alpha value is -3.21. The summed E-state index contributed by atoms with van der Waals surface area (Å²) < 4.78 is 16.0. The highest BCUT2D eigenvalue weighted by atomic mass is 16.5. The molecule has 0 radical (unpaired) electrons. The van der Waals surface area contributed by atoms with Crippen molar-refractivity contribution in [2.75, 3.05) is 27.9 Å². The van der Waals surface area contributed by atoms with Crippen LogP contribution in [-0.2, 0) is 4.79 Å². The van der Waals surface area contributed by atoms with Crippen LogP contribution in [0.15, 0.2) is 42.5 Å². The van der Waals surface area contributed by atoms with Gasteiger partial charge < -0.3 is 19.5 Å². The number of hydrogen-bond donors (Lipinski definition) is 1. The van der Waals surface area contributed by atoms with Gasteiger partial charge in [-0.25, -0.2) is 0 Å². The minimum atomic E-state index is -0.152. The predicted octanol–water partition coefficient (Wildman–Crippen LogP) is 4.03. The number of hydrogen-bond acceptors (Lipinski definition) is 4. The van der Waals surface area contributed by atoms with Crippen LogP contribution in [-0.4, -0.2) is 33.8 Å². The van der Waals surface area contributed by atoms with E-state index in [9.17, 15) is 4.79 Å². The largest absolute Gasteiger partial charge is 0.497 e. The molecule has 0 aliphatic heterocycles. The fourth-order valence-corrected chi connectivity index (χ4v) is 2.52. The number of amides is 1. The number of benzene rings is 2. The minimum Gasteiger partial charge on any atom is -0.497 e. The van der Waals surface area contributed by atoms with E-state index in [1.807, 2.05) is 49.4 Å². The van der Waals surface area contributed by atoms with Gasteiger partial charge in [-0.3, -0.25) is 4.79 Å². The van der Waals surface area contributed by atoms with Gasteiger partial charge in [0.25, 0.3) is 0 Å². The van der Waals surface area contributed by atoms with Crippen molar-refractivity contribution in [2.24, 2.45) is 0 Å². The summed E-state index contributed by atoms with van der Waals surface area (Å²) >= 11 is 0. The van der Waals surface area contributed by atoms with E-state index in [1.165, 1.54) is 6.08 Å². The molecule has 0 aliphatic rings. The van der Waals surface area contributed by atoms with Gasteiger partial charge in [0.2, 0.25) is 5.91 Å². The fourth-order valence-electron chi connectivity index (χ4n) is 2.52. The molecule has 1 N–H and O–H groups in total. The van der Waals surface area contributed by atoms with Crippen molar-refractivity contribution in [3.8, 4) is 17.2 Å². The Balaban J connectivity index is 2.41. The summed E-state index contributed by atoms with van der Waals surface area (Å²) in [4.78, 5) is 11.8. The number of ether oxygens (including phenoxy) is 3. The molecule has 5 nitrogen and oxygen atoms in total. The lowest BCUT2D eigenvalue weighted by molar-refractivity contribution is -0.116. The second-order valence-corrected chi connectivity index (χ2v) is 5.67. The van der Waals surface area contributed by atoms with Gasteiger partial charge in [0, 0.05) is 24.3 Å². The molecule has 0 heterocycles. The van der Waals surface area contributed by atoms with Gasteiger partial charge >= 0.3 is 0 Å². The van der Waals surface area contributed by atoms with Crippen LogP contribution in [0.2, 0.25) is 0 Å². The number of carbonyl (C=O) groups excluding carboxylic acids is 1. The van der Waals surface area contributed by atoms with E-state index in [1.54, 1.807) is 33.5 Å². The molecule has 0 saturated heterocycles. The Bertz CT molecular complexity index is 823. The molecule has 5 heteroatoms. The summed E-state index contributed by atoms with van der Waals surface area (Å²) in [6.07, 6.45) is 7.19. The normalized spacial score (nSPS) is 11.0. The van der Waals surface area contributed by atoms with Crippen LogP contribution in [0, 0.1) is 0 Å². The zero-order valence-corrected chi connectivity index (χ0v) is 16.1. The molecule has 2 aromatic rings. The number of carbonyl (C=O) groups is 1. The molecule has 0 bridgehead atoms. The summed E-state index contributed by atoms with van der Waals surface area (Å²) in [6, 6.07) is 11.4. The van der Waals surface area contributed by atoms with Gasteiger partial charge in [0.15, 0.2) is 0 Å². The number of rotatable bonds is 8. The molecule has 0 saturated carbocycles. The average Bonchev–Trinajstić information content (AvgIpc) is 2.70. The summed E-state index contributed by atoms with van der Waals surface area (Å²) in [7, 11) is 4.84. The molecule has 142 valence electrons. The van der Waals surface area contributed by atoms with E-state index in [2.05, 4.69) is 5.32 Å².